The van der Waals surface area contributed by atoms with E-state index < -0.39 is 5.60 Å². The monoisotopic (exact) mass is 618 g/mol. The highest BCUT2D eigenvalue weighted by atomic mass is 16.6. The fourth-order valence-corrected chi connectivity index (χ4v) is 7.25. The quantitative estimate of drug-likeness (QED) is 0.301. The van der Waals surface area contributed by atoms with Crippen LogP contribution in [0.3, 0.4) is 0 Å². The Balaban J connectivity index is 1.03. The standard InChI is InChI=1S/C36H42N8O2/c1-25-22-42(30-11-10-28(21-37)44-31(30)13-15-38-44)23-27-9-12-33(39-34(25)27)41-19-17-40(18-20-41)24-32-29-8-6-5-7-26(29)14-16-43(32)35(45)46-36(2,3)4/h5-13,15,25,32H,14,16-20,22-24H2,1-4H3. The van der Waals surface area contributed by atoms with Crippen molar-refractivity contribution in [3.8, 4) is 6.07 Å². The number of hydrogen-bond acceptors (Lipinski definition) is 8. The minimum Gasteiger partial charge on any atom is -0.444 e. The van der Waals surface area contributed by atoms with Gasteiger partial charge < -0.3 is 14.5 Å². The third-order valence-corrected chi connectivity index (χ3v) is 9.48. The molecule has 4 aromatic rings. The summed E-state index contributed by atoms with van der Waals surface area (Å²) in [5, 5.41) is 13.9. The summed E-state index contributed by atoms with van der Waals surface area (Å²) in [7, 11) is 0. The van der Waals surface area contributed by atoms with Gasteiger partial charge in [0.2, 0.25) is 0 Å². The average molecular weight is 619 g/mol. The number of pyridine rings is 2. The molecule has 3 aromatic heterocycles. The number of nitriles is 1. The third-order valence-electron chi connectivity index (χ3n) is 9.48. The summed E-state index contributed by atoms with van der Waals surface area (Å²) < 4.78 is 7.55. The lowest BCUT2D eigenvalue weighted by Gasteiger charge is -2.42. The molecule has 1 fully saturated rings. The molecular weight excluding hydrogens is 576 g/mol. The normalized spacial score (nSPS) is 20.3. The molecule has 2 atom stereocenters. The Bertz CT molecular complexity index is 1800. The van der Waals surface area contributed by atoms with Gasteiger partial charge in [-0.15, -0.1) is 0 Å². The van der Waals surface area contributed by atoms with Crippen molar-refractivity contribution in [2.75, 3.05) is 55.6 Å². The van der Waals surface area contributed by atoms with Crippen molar-refractivity contribution in [3.05, 3.63) is 88.9 Å². The maximum atomic E-state index is 13.3. The van der Waals surface area contributed by atoms with Gasteiger partial charge in [0.05, 0.1) is 29.1 Å². The van der Waals surface area contributed by atoms with E-state index in [0.29, 0.717) is 12.2 Å². The summed E-state index contributed by atoms with van der Waals surface area (Å²) in [6.07, 6.45) is 2.37. The summed E-state index contributed by atoms with van der Waals surface area (Å²) >= 11 is 0. The number of amides is 1. The van der Waals surface area contributed by atoms with Gasteiger partial charge in [0.15, 0.2) is 0 Å². The average Bonchev–Trinajstić information content (AvgIpc) is 3.54. The van der Waals surface area contributed by atoms with Crippen LogP contribution in [0.2, 0.25) is 0 Å². The second kappa shape index (κ2) is 12.0. The molecule has 238 valence electrons. The lowest BCUT2D eigenvalue weighted by Crippen LogP contribution is -2.52. The molecule has 0 radical (unpaired) electrons. The van der Waals surface area contributed by atoms with Crippen LogP contribution in [0, 0.1) is 11.3 Å². The molecule has 6 heterocycles. The molecule has 0 spiro atoms. The Labute approximate surface area is 270 Å². The van der Waals surface area contributed by atoms with Crippen molar-refractivity contribution in [2.45, 2.75) is 58.2 Å². The van der Waals surface area contributed by atoms with Crippen LogP contribution in [0.1, 0.15) is 67.7 Å². The highest BCUT2D eigenvalue weighted by Gasteiger charge is 2.35. The number of nitrogens with zero attached hydrogens (tertiary/aromatic N) is 8. The maximum absolute atomic E-state index is 13.3. The van der Waals surface area contributed by atoms with Crippen LogP contribution in [-0.2, 0) is 17.7 Å². The van der Waals surface area contributed by atoms with E-state index >= 15 is 0 Å². The zero-order valence-electron chi connectivity index (χ0n) is 27.2. The first-order valence-electron chi connectivity index (χ1n) is 16.3. The van der Waals surface area contributed by atoms with Gasteiger partial charge in [-0.2, -0.15) is 10.4 Å². The molecule has 7 rings (SSSR count). The number of aromatic nitrogens is 3. The van der Waals surface area contributed by atoms with Gasteiger partial charge in [0.25, 0.3) is 0 Å². The van der Waals surface area contributed by atoms with Crippen molar-refractivity contribution in [2.24, 2.45) is 0 Å². The lowest BCUT2D eigenvalue weighted by atomic mass is 9.92. The number of piperazine rings is 1. The number of carbonyl (C=O) groups excluding carboxylic acids is 1. The predicted octanol–water partition coefficient (Wildman–Crippen LogP) is 5.38. The Hall–Kier alpha value is -4.62. The van der Waals surface area contributed by atoms with Crippen LogP contribution in [0.15, 0.2) is 60.8 Å². The summed E-state index contributed by atoms with van der Waals surface area (Å²) in [5.41, 5.74) is 7.00. The van der Waals surface area contributed by atoms with Crippen LogP contribution in [0.5, 0.6) is 0 Å². The molecule has 1 saturated heterocycles. The van der Waals surface area contributed by atoms with Gasteiger partial charge in [0, 0.05) is 58.3 Å². The van der Waals surface area contributed by atoms with Crippen LogP contribution in [0.4, 0.5) is 16.3 Å². The van der Waals surface area contributed by atoms with Gasteiger partial charge in [0.1, 0.15) is 23.2 Å². The minimum absolute atomic E-state index is 0.0306. The first-order chi connectivity index (χ1) is 22.2. The van der Waals surface area contributed by atoms with Crippen molar-refractivity contribution in [3.63, 3.8) is 0 Å². The van der Waals surface area contributed by atoms with Gasteiger partial charge in [-0.25, -0.2) is 14.3 Å². The number of ether oxygens (including phenoxy) is 1. The maximum Gasteiger partial charge on any atom is 0.410 e. The van der Waals surface area contributed by atoms with Gasteiger partial charge >= 0.3 is 6.09 Å². The molecule has 0 N–H and O–H groups in total. The lowest BCUT2D eigenvalue weighted by molar-refractivity contribution is 0.00960. The fourth-order valence-electron chi connectivity index (χ4n) is 7.25. The van der Waals surface area contributed by atoms with E-state index in [2.05, 4.69) is 69.2 Å². The summed E-state index contributed by atoms with van der Waals surface area (Å²) in [6.45, 7) is 14.7. The molecule has 0 aliphatic carbocycles. The zero-order chi connectivity index (χ0) is 32.0. The Kier molecular flexibility index (Phi) is 7.81. The zero-order valence-corrected chi connectivity index (χ0v) is 27.2. The summed E-state index contributed by atoms with van der Waals surface area (Å²) in [4.78, 5) is 27.7. The number of benzene rings is 1. The highest BCUT2D eigenvalue weighted by molar-refractivity contribution is 5.74. The Morgan fingerprint density at radius 1 is 0.978 bits per heavy atom. The highest BCUT2D eigenvalue weighted by Crippen LogP contribution is 2.35. The molecule has 46 heavy (non-hydrogen) atoms. The molecule has 1 amide bonds. The largest absolute Gasteiger partial charge is 0.444 e. The van der Waals surface area contributed by atoms with Crippen molar-refractivity contribution < 1.29 is 9.53 Å². The molecule has 0 saturated carbocycles. The van der Waals surface area contributed by atoms with E-state index in [4.69, 9.17) is 9.72 Å². The molecule has 1 aromatic carbocycles. The van der Waals surface area contributed by atoms with E-state index in [-0.39, 0.29) is 18.1 Å². The summed E-state index contributed by atoms with van der Waals surface area (Å²) in [5.74, 6) is 1.29. The van der Waals surface area contributed by atoms with Crippen LogP contribution in [0.25, 0.3) is 5.52 Å². The third kappa shape index (κ3) is 5.76. The number of fused-ring (bicyclic) bond motifs is 3. The van der Waals surface area contributed by atoms with Gasteiger partial charge in [-0.3, -0.25) is 9.80 Å². The van der Waals surface area contributed by atoms with Crippen LogP contribution >= 0.6 is 0 Å². The van der Waals surface area contributed by atoms with E-state index in [1.807, 2.05) is 43.9 Å². The number of hydrogen-bond donors (Lipinski definition) is 0. The van der Waals surface area contributed by atoms with E-state index in [1.165, 1.54) is 22.4 Å². The number of carbonyl (C=O) groups is 1. The SMILES string of the molecule is CC1CN(c2ccc(C#N)n3nccc23)Cc2ccc(N3CCN(CC4c5ccccc5CCN4C(=O)OC(C)(C)C)CC3)nc21. The molecular formula is C36H42N8O2. The minimum atomic E-state index is -0.530. The summed E-state index contributed by atoms with van der Waals surface area (Å²) in [6, 6.07) is 21.0. The molecule has 10 heteroatoms. The van der Waals surface area contributed by atoms with E-state index in [9.17, 15) is 10.1 Å². The molecule has 3 aliphatic rings. The van der Waals surface area contributed by atoms with Crippen molar-refractivity contribution >= 4 is 23.1 Å². The van der Waals surface area contributed by atoms with E-state index in [1.54, 1.807) is 10.7 Å². The Morgan fingerprint density at radius 3 is 2.57 bits per heavy atom. The first kappa shape index (κ1) is 30.1. The predicted molar refractivity (Wildman–Crippen MR) is 178 cm³/mol. The van der Waals surface area contributed by atoms with E-state index in [0.717, 1.165) is 69.3 Å². The first-order valence-corrected chi connectivity index (χ1v) is 16.3. The van der Waals surface area contributed by atoms with Crippen molar-refractivity contribution in [1.29, 1.82) is 5.26 Å². The topological polar surface area (TPSA) is 93.2 Å². The number of rotatable bonds is 4. The molecule has 10 nitrogen and oxygen atoms in total. The smallest absolute Gasteiger partial charge is 0.410 e. The van der Waals surface area contributed by atoms with Crippen LogP contribution in [-0.4, -0.2) is 81.9 Å². The second-order valence-corrected chi connectivity index (χ2v) is 13.8. The fraction of sp³-hybridized carbons (Fsp3) is 0.444. The van der Waals surface area contributed by atoms with Crippen LogP contribution < -0.4 is 9.80 Å². The molecule has 2 unspecified atom stereocenters. The van der Waals surface area contributed by atoms with Gasteiger partial charge in [-0.05, 0) is 68.1 Å². The second-order valence-electron chi connectivity index (χ2n) is 13.8. The number of anilines is 2. The molecule has 3 aliphatic heterocycles. The Morgan fingerprint density at radius 2 is 1.78 bits per heavy atom. The van der Waals surface area contributed by atoms with Crippen molar-refractivity contribution in [1.82, 2.24) is 24.4 Å². The molecule has 0 bridgehead atoms. The van der Waals surface area contributed by atoms with Gasteiger partial charge in [-0.1, -0.05) is 37.3 Å².